The molecule has 0 saturated carbocycles. The number of allylic oxidation sites excluding steroid dienone is 1. The topological polar surface area (TPSA) is 17.1 Å². The number of Topliss-reactive ketones (excluding diaryl/α,β-unsaturated/α-hetero) is 1. The molecule has 0 saturated heterocycles. The molecule has 0 radical (unpaired) electrons. The molecule has 0 bridgehead atoms. The number of benzene rings is 1. The van der Waals surface area contributed by atoms with Crippen molar-refractivity contribution in [2.75, 3.05) is 0 Å². The molecule has 0 unspecified atom stereocenters. The van der Waals surface area contributed by atoms with Gasteiger partial charge in [-0.25, -0.2) is 0 Å². The molecule has 1 aromatic carbocycles. The Hall–Kier alpha value is -0.350. The van der Waals surface area contributed by atoms with Crippen molar-refractivity contribution in [1.29, 1.82) is 0 Å². The Morgan fingerprint density at radius 3 is 2.80 bits per heavy atom. The quantitative estimate of drug-likeness (QED) is 0.451. The van der Waals surface area contributed by atoms with Crippen molar-refractivity contribution < 1.29 is 4.79 Å². The van der Waals surface area contributed by atoms with Crippen LogP contribution in [0.25, 0.3) is 0 Å². The lowest BCUT2D eigenvalue weighted by atomic mass is 10.0. The zero-order chi connectivity index (χ0) is 11.4. The molecule has 80 valence electrons. The maximum Gasteiger partial charge on any atom is 0.168 e. The minimum Gasteiger partial charge on any atom is -0.294 e. The van der Waals surface area contributed by atoms with Crippen LogP contribution in [0, 0.1) is 3.57 Å². The van der Waals surface area contributed by atoms with E-state index in [1.165, 1.54) is 0 Å². The van der Waals surface area contributed by atoms with Gasteiger partial charge in [0, 0.05) is 20.6 Å². The van der Waals surface area contributed by atoms with Gasteiger partial charge in [0.25, 0.3) is 0 Å². The standard InChI is InChI=1S/C12H12ClIO/c1-3-8(2)6-12(15)10-7-9(13)4-5-11(10)14/h4-5,7H,2-3,6H2,1H3. The summed E-state index contributed by atoms with van der Waals surface area (Å²) in [4.78, 5) is 11.9. The molecular weight excluding hydrogens is 322 g/mol. The molecule has 1 aromatic rings. The molecule has 0 aliphatic carbocycles. The number of carbonyl (C=O) groups excluding carboxylic acids is 1. The van der Waals surface area contributed by atoms with Gasteiger partial charge in [-0.1, -0.05) is 30.7 Å². The van der Waals surface area contributed by atoms with Crippen LogP contribution in [0.15, 0.2) is 30.4 Å². The second kappa shape index (κ2) is 5.66. The number of ketones is 1. The number of hydrogen-bond acceptors (Lipinski definition) is 1. The number of halogens is 2. The lowest BCUT2D eigenvalue weighted by molar-refractivity contribution is 0.0991. The van der Waals surface area contributed by atoms with Crippen molar-refractivity contribution >= 4 is 40.0 Å². The van der Waals surface area contributed by atoms with Crippen LogP contribution in [0.1, 0.15) is 30.1 Å². The third kappa shape index (κ3) is 3.61. The first-order valence-electron chi connectivity index (χ1n) is 4.69. The highest BCUT2D eigenvalue weighted by molar-refractivity contribution is 14.1. The van der Waals surface area contributed by atoms with Crippen LogP contribution >= 0.6 is 34.2 Å². The van der Waals surface area contributed by atoms with Gasteiger partial charge in [-0.3, -0.25) is 4.79 Å². The first kappa shape index (κ1) is 12.7. The van der Waals surface area contributed by atoms with Gasteiger partial charge >= 0.3 is 0 Å². The normalized spacial score (nSPS) is 10.1. The van der Waals surface area contributed by atoms with Crippen LogP contribution in [0.3, 0.4) is 0 Å². The zero-order valence-corrected chi connectivity index (χ0v) is 11.4. The lowest BCUT2D eigenvalue weighted by Gasteiger charge is -2.05. The number of hydrogen-bond donors (Lipinski definition) is 0. The Labute approximate surface area is 109 Å². The van der Waals surface area contributed by atoms with Gasteiger partial charge in [-0.15, -0.1) is 0 Å². The first-order chi connectivity index (χ1) is 7.04. The van der Waals surface area contributed by atoms with Gasteiger partial charge in [0.1, 0.15) is 0 Å². The molecule has 0 N–H and O–H groups in total. The Bertz CT molecular complexity index is 399. The molecule has 0 aliphatic heterocycles. The monoisotopic (exact) mass is 334 g/mol. The highest BCUT2D eigenvalue weighted by Gasteiger charge is 2.11. The highest BCUT2D eigenvalue weighted by Crippen LogP contribution is 2.20. The van der Waals surface area contributed by atoms with Crippen molar-refractivity contribution in [2.24, 2.45) is 0 Å². The van der Waals surface area contributed by atoms with E-state index in [-0.39, 0.29) is 5.78 Å². The Kier molecular flexibility index (Phi) is 4.80. The maximum absolute atomic E-state index is 11.9. The molecule has 15 heavy (non-hydrogen) atoms. The zero-order valence-electron chi connectivity index (χ0n) is 8.52. The molecule has 0 aliphatic rings. The van der Waals surface area contributed by atoms with E-state index < -0.39 is 0 Å². The van der Waals surface area contributed by atoms with Gasteiger partial charge in [0.15, 0.2) is 5.78 Å². The van der Waals surface area contributed by atoms with E-state index in [1.807, 2.05) is 13.0 Å². The molecule has 0 heterocycles. The van der Waals surface area contributed by atoms with Crippen LogP contribution in [-0.2, 0) is 0 Å². The van der Waals surface area contributed by atoms with Gasteiger partial charge < -0.3 is 0 Å². The van der Waals surface area contributed by atoms with Gasteiger partial charge in [-0.05, 0) is 47.2 Å². The average molecular weight is 335 g/mol. The second-order valence-corrected chi connectivity index (χ2v) is 4.93. The van der Waals surface area contributed by atoms with E-state index in [2.05, 4.69) is 29.2 Å². The maximum atomic E-state index is 11.9. The molecule has 0 atom stereocenters. The fourth-order valence-corrected chi connectivity index (χ4v) is 1.97. The fraction of sp³-hybridized carbons (Fsp3) is 0.250. The largest absolute Gasteiger partial charge is 0.294 e. The van der Waals surface area contributed by atoms with E-state index in [4.69, 9.17) is 11.6 Å². The van der Waals surface area contributed by atoms with Gasteiger partial charge in [-0.2, -0.15) is 0 Å². The summed E-state index contributed by atoms with van der Waals surface area (Å²) in [6.45, 7) is 5.83. The molecule has 0 fully saturated rings. The number of rotatable bonds is 4. The van der Waals surface area contributed by atoms with E-state index >= 15 is 0 Å². The summed E-state index contributed by atoms with van der Waals surface area (Å²) in [5.74, 6) is 0.0914. The summed E-state index contributed by atoms with van der Waals surface area (Å²) < 4.78 is 0.936. The van der Waals surface area contributed by atoms with Crippen LogP contribution in [0.5, 0.6) is 0 Å². The van der Waals surface area contributed by atoms with Crippen molar-refractivity contribution in [3.63, 3.8) is 0 Å². The highest BCUT2D eigenvalue weighted by atomic mass is 127. The molecule has 1 nitrogen and oxygen atoms in total. The summed E-state index contributed by atoms with van der Waals surface area (Å²) in [6, 6.07) is 5.36. The fourth-order valence-electron chi connectivity index (χ4n) is 1.16. The van der Waals surface area contributed by atoms with Crippen LogP contribution in [0.2, 0.25) is 5.02 Å². The minimum absolute atomic E-state index is 0.0914. The summed E-state index contributed by atoms with van der Waals surface area (Å²) in [6.07, 6.45) is 1.25. The van der Waals surface area contributed by atoms with Crippen LogP contribution in [0.4, 0.5) is 0 Å². The summed E-state index contributed by atoms with van der Waals surface area (Å²) in [7, 11) is 0. The third-order valence-electron chi connectivity index (χ3n) is 2.14. The Balaban J connectivity index is 2.91. The molecule has 0 aromatic heterocycles. The van der Waals surface area contributed by atoms with Crippen LogP contribution in [-0.4, -0.2) is 5.78 Å². The third-order valence-corrected chi connectivity index (χ3v) is 3.32. The number of carbonyl (C=O) groups is 1. The molecule has 0 amide bonds. The van der Waals surface area contributed by atoms with Crippen LogP contribution < -0.4 is 0 Å². The molecular formula is C12H12ClIO. The summed E-state index contributed by atoms with van der Waals surface area (Å²) >= 11 is 8.00. The average Bonchev–Trinajstić information content (AvgIpc) is 2.21. The van der Waals surface area contributed by atoms with Crippen molar-refractivity contribution in [2.45, 2.75) is 19.8 Å². The van der Waals surface area contributed by atoms with Gasteiger partial charge in [0.05, 0.1) is 0 Å². The Morgan fingerprint density at radius 2 is 2.20 bits per heavy atom. The predicted molar refractivity (Wildman–Crippen MR) is 72.5 cm³/mol. The molecule has 1 rings (SSSR count). The smallest absolute Gasteiger partial charge is 0.168 e. The van der Waals surface area contributed by atoms with Crippen molar-refractivity contribution in [3.8, 4) is 0 Å². The predicted octanol–water partition coefficient (Wildman–Crippen LogP) is 4.48. The first-order valence-corrected chi connectivity index (χ1v) is 6.15. The van der Waals surface area contributed by atoms with E-state index in [9.17, 15) is 4.79 Å². The lowest BCUT2D eigenvalue weighted by Crippen LogP contribution is -2.02. The molecule has 0 spiro atoms. The molecule has 3 heteroatoms. The Morgan fingerprint density at radius 1 is 1.53 bits per heavy atom. The van der Waals surface area contributed by atoms with Gasteiger partial charge in [0.2, 0.25) is 0 Å². The summed E-state index contributed by atoms with van der Waals surface area (Å²) in [5.41, 5.74) is 1.65. The van der Waals surface area contributed by atoms with E-state index in [0.717, 1.165) is 15.6 Å². The van der Waals surface area contributed by atoms with E-state index in [0.29, 0.717) is 17.0 Å². The minimum atomic E-state index is 0.0914. The van der Waals surface area contributed by atoms with E-state index in [1.54, 1.807) is 12.1 Å². The summed E-state index contributed by atoms with van der Waals surface area (Å²) in [5, 5.41) is 0.598. The van der Waals surface area contributed by atoms with Crippen molar-refractivity contribution in [3.05, 3.63) is 44.5 Å². The SMILES string of the molecule is C=C(CC)CC(=O)c1cc(Cl)ccc1I. The second-order valence-electron chi connectivity index (χ2n) is 3.33. The van der Waals surface area contributed by atoms with Crippen molar-refractivity contribution in [1.82, 2.24) is 0 Å².